The van der Waals surface area contributed by atoms with Crippen LogP contribution in [0.3, 0.4) is 0 Å². The van der Waals surface area contributed by atoms with Crippen LogP contribution in [0, 0.1) is 13.8 Å². The maximum absolute atomic E-state index is 12.5. The van der Waals surface area contributed by atoms with Gasteiger partial charge in [0.25, 0.3) is 15.6 Å². The number of benzene rings is 1. The highest BCUT2D eigenvalue weighted by Gasteiger charge is 2.16. The predicted octanol–water partition coefficient (Wildman–Crippen LogP) is 1.27. The second-order valence-electron chi connectivity index (χ2n) is 5.94. The van der Waals surface area contributed by atoms with E-state index in [1.165, 1.54) is 24.3 Å². The first-order valence-corrected chi connectivity index (χ1v) is 9.61. The van der Waals surface area contributed by atoms with Crippen LogP contribution in [0.1, 0.15) is 11.4 Å². The molecule has 2 heterocycles. The molecular formula is C16H16N8O4S. The molecule has 0 saturated carbocycles. The van der Waals surface area contributed by atoms with E-state index in [9.17, 15) is 18.0 Å². The Morgan fingerprint density at radius 2 is 1.62 bits per heavy atom. The number of nitrogens with zero attached hydrogens (tertiary/aromatic N) is 4. The molecule has 0 atom stereocenters. The standard InChI is InChI=1S/C16H16N8O4S/c1-8-7-9(2)19-15(18-8)24-29(27,28)11-5-3-10(4-6-11)22-23-12-13(17)20-16(26)21-14(12)25/h3-7H,1-2H3,(H,18,19,24)(H4,17,20,21,25,26). The second kappa shape index (κ2) is 7.63. The molecular weight excluding hydrogens is 400 g/mol. The normalized spacial score (nSPS) is 11.7. The molecule has 3 rings (SSSR count). The van der Waals surface area contributed by atoms with Gasteiger partial charge in [-0.15, -0.1) is 5.11 Å². The minimum Gasteiger partial charge on any atom is -0.383 e. The number of anilines is 2. The first kappa shape index (κ1) is 19.9. The van der Waals surface area contributed by atoms with Crippen LogP contribution in [0.2, 0.25) is 0 Å². The number of H-pyrrole nitrogens is 2. The molecule has 0 unspecified atom stereocenters. The van der Waals surface area contributed by atoms with Gasteiger partial charge in [0.2, 0.25) is 5.95 Å². The molecule has 0 fully saturated rings. The predicted molar refractivity (Wildman–Crippen MR) is 105 cm³/mol. The maximum Gasteiger partial charge on any atom is 0.327 e. The zero-order chi connectivity index (χ0) is 21.2. The van der Waals surface area contributed by atoms with Gasteiger partial charge in [0, 0.05) is 11.4 Å². The van der Waals surface area contributed by atoms with E-state index in [0.717, 1.165) is 0 Å². The van der Waals surface area contributed by atoms with Crippen LogP contribution in [0.5, 0.6) is 0 Å². The van der Waals surface area contributed by atoms with Crippen LogP contribution in [0.15, 0.2) is 55.0 Å². The van der Waals surface area contributed by atoms with Gasteiger partial charge in [-0.05, 0) is 44.2 Å². The van der Waals surface area contributed by atoms with Crippen molar-refractivity contribution in [3.8, 4) is 0 Å². The molecule has 0 spiro atoms. The summed E-state index contributed by atoms with van der Waals surface area (Å²) in [6.45, 7) is 3.46. The number of hydrogen-bond acceptors (Lipinski definition) is 9. The molecule has 5 N–H and O–H groups in total. The summed E-state index contributed by atoms with van der Waals surface area (Å²) in [6, 6.07) is 7.10. The van der Waals surface area contributed by atoms with Gasteiger partial charge in [-0.2, -0.15) is 5.11 Å². The summed E-state index contributed by atoms with van der Waals surface area (Å²) in [5.74, 6) is -0.265. The van der Waals surface area contributed by atoms with Crippen molar-refractivity contribution in [1.82, 2.24) is 19.9 Å². The van der Waals surface area contributed by atoms with E-state index in [4.69, 9.17) is 5.73 Å². The number of nitrogens with two attached hydrogens (primary N) is 1. The first-order valence-electron chi connectivity index (χ1n) is 8.13. The van der Waals surface area contributed by atoms with Crippen LogP contribution in [-0.2, 0) is 10.0 Å². The molecule has 29 heavy (non-hydrogen) atoms. The zero-order valence-electron chi connectivity index (χ0n) is 15.3. The minimum atomic E-state index is -3.91. The van der Waals surface area contributed by atoms with Crippen LogP contribution < -0.4 is 21.7 Å². The van der Waals surface area contributed by atoms with Crippen LogP contribution in [0.4, 0.5) is 23.1 Å². The number of aromatic nitrogens is 4. The quantitative estimate of drug-likeness (QED) is 0.450. The fraction of sp³-hybridized carbons (Fsp3) is 0.125. The molecule has 12 nitrogen and oxygen atoms in total. The summed E-state index contributed by atoms with van der Waals surface area (Å²) in [5.41, 5.74) is 5.22. The largest absolute Gasteiger partial charge is 0.383 e. The number of sulfonamides is 1. The first-order chi connectivity index (χ1) is 13.6. The topological polar surface area (TPSA) is 188 Å². The lowest BCUT2D eigenvalue weighted by atomic mass is 10.3. The van der Waals surface area contributed by atoms with E-state index in [1.54, 1.807) is 19.9 Å². The summed E-state index contributed by atoms with van der Waals surface area (Å²) in [5, 5.41) is 7.52. The summed E-state index contributed by atoms with van der Waals surface area (Å²) in [4.78, 5) is 35.0. The van der Waals surface area contributed by atoms with E-state index < -0.39 is 21.3 Å². The van der Waals surface area contributed by atoms with E-state index >= 15 is 0 Å². The molecule has 0 saturated heterocycles. The van der Waals surface area contributed by atoms with Gasteiger partial charge in [-0.1, -0.05) is 0 Å². The number of azo groups is 1. The van der Waals surface area contributed by atoms with Gasteiger partial charge in [-0.3, -0.25) is 14.8 Å². The third kappa shape index (κ3) is 4.70. The molecule has 0 amide bonds. The maximum atomic E-state index is 12.5. The minimum absolute atomic E-state index is 0.0287. The van der Waals surface area contributed by atoms with Gasteiger partial charge in [0.15, 0.2) is 5.69 Å². The van der Waals surface area contributed by atoms with Crippen molar-refractivity contribution in [3.63, 3.8) is 0 Å². The molecule has 3 aromatic rings. The van der Waals surface area contributed by atoms with E-state index in [1.807, 2.05) is 4.98 Å². The lowest BCUT2D eigenvalue weighted by Crippen LogP contribution is -2.23. The number of nitrogens with one attached hydrogen (secondary N) is 3. The Morgan fingerprint density at radius 1 is 1.00 bits per heavy atom. The molecule has 150 valence electrons. The van der Waals surface area contributed by atoms with Crippen molar-refractivity contribution in [2.75, 3.05) is 10.5 Å². The van der Waals surface area contributed by atoms with Gasteiger partial charge in [0.1, 0.15) is 5.82 Å². The van der Waals surface area contributed by atoms with Crippen molar-refractivity contribution < 1.29 is 8.42 Å². The monoisotopic (exact) mass is 416 g/mol. The SMILES string of the molecule is Cc1cc(C)nc(NS(=O)(=O)c2ccc(N=Nc3c(N)[nH]c(=O)[nH]c3=O)cc2)n1. The fourth-order valence-electron chi connectivity index (χ4n) is 2.35. The van der Waals surface area contributed by atoms with E-state index in [0.29, 0.717) is 11.4 Å². The molecule has 2 aromatic heterocycles. The number of aryl methyl sites for hydroxylation is 2. The summed E-state index contributed by atoms with van der Waals surface area (Å²) < 4.78 is 27.3. The number of hydrogen-bond donors (Lipinski definition) is 4. The third-order valence-electron chi connectivity index (χ3n) is 3.57. The van der Waals surface area contributed by atoms with Gasteiger partial charge >= 0.3 is 5.69 Å². The second-order valence-corrected chi connectivity index (χ2v) is 7.63. The highest BCUT2D eigenvalue weighted by Crippen LogP contribution is 2.21. The lowest BCUT2D eigenvalue weighted by molar-refractivity contribution is 0.601. The average molecular weight is 416 g/mol. The molecule has 0 radical (unpaired) electrons. The van der Waals surface area contributed by atoms with Gasteiger partial charge < -0.3 is 5.73 Å². The Bertz CT molecular complexity index is 1290. The fourth-order valence-corrected chi connectivity index (χ4v) is 3.29. The summed E-state index contributed by atoms with van der Waals surface area (Å²) in [6.07, 6.45) is 0. The number of aromatic amines is 2. The smallest absolute Gasteiger partial charge is 0.327 e. The highest BCUT2D eigenvalue weighted by molar-refractivity contribution is 7.92. The van der Waals surface area contributed by atoms with Crippen LogP contribution >= 0.6 is 0 Å². The van der Waals surface area contributed by atoms with Crippen molar-refractivity contribution in [2.24, 2.45) is 10.2 Å². The third-order valence-corrected chi connectivity index (χ3v) is 4.91. The Balaban J connectivity index is 1.82. The van der Waals surface area contributed by atoms with Crippen molar-refractivity contribution in [2.45, 2.75) is 18.7 Å². The molecule has 0 aliphatic carbocycles. The average Bonchev–Trinajstić information content (AvgIpc) is 2.60. The Labute approximate surface area is 164 Å². The van der Waals surface area contributed by atoms with Gasteiger partial charge in [-0.25, -0.2) is 27.9 Å². The van der Waals surface area contributed by atoms with Crippen LogP contribution in [0.25, 0.3) is 0 Å². The van der Waals surface area contributed by atoms with Crippen LogP contribution in [-0.4, -0.2) is 28.4 Å². The van der Waals surface area contributed by atoms with Gasteiger partial charge in [0.05, 0.1) is 10.6 Å². The lowest BCUT2D eigenvalue weighted by Gasteiger charge is -2.08. The number of rotatable bonds is 5. The van der Waals surface area contributed by atoms with Crippen molar-refractivity contribution >= 4 is 33.2 Å². The van der Waals surface area contributed by atoms with Crippen molar-refractivity contribution in [3.05, 3.63) is 62.6 Å². The summed E-state index contributed by atoms with van der Waals surface area (Å²) >= 11 is 0. The molecule has 0 bridgehead atoms. The molecule has 1 aromatic carbocycles. The van der Waals surface area contributed by atoms with E-state index in [2.05, 4.69) is 29.9 Å². The zero-order valence-corrected chi connectivity index (χ0v) is 16.1. The Kier molecular flexibility index (Phi) is 5.23. The molecule has 0 aliphatic heterocycles. The van der Waals surface area contributed by atoms with E-state index in [-0.39, 0.29) is 28.0 Å². The number of nitrogen functional groups attached to an aromatic ring is 1. The Morgan fingerprint density at radius 3 is 2.21 bits per heavy atom. The Hall–Kier alpha value is -3.87. The molecule has 13 heteroatoms. The van der Waals surface area contributed by atoms with Crippen molar-refractivity contribution in [1.29, 1.82) is 0 Å². The summed E-state index contributed by atoms with van der Waals surface area (Å²) in [7, 11) is -3.91. The molecule has 0 aliphatic rings. The highest BCUT2D eigenvalue weighted by atomic mass is 32.2.